The van der Waals surface area contributed by atoms with Gasteiger partial charge in [0, 0.05) is 18.5 Å². The molecule has 1 aromatic rings. The number of carbonyl (C=O) groups is 1. The fraction of sp³-hybridized carbons (Fsp3) is 0.600. The summed E-state index contributed by atoms with van der Waals surface area (Å²) in [5.74, 6) is -0.841. The molecule has 1 N–H and O–H groups in total. The molecule has 1 unspecified atom stereocenters. The molecular weight excluding hydrogens is 228 g/mol. The Hall–Kier alpha value is -1.14. The van der Waals surface area contributed by atoms with E-state index in [1.807, 2.05) is 12.3 Å². The number of anilines is 1. The largest absolute Gasteiger partial charge is 0.481 e. The quantitative estimate of drug-likeness (QED) is 0.856. The lowest BCUT2D eigenvalue weighted by molar-refractivity contribution is -0.136. The van der Waals surface area contributed by atoms with E-state index in [1.165, 1.54) is 11.3 Å². The van der Waals surface area contributed by atoms with Gasteiger partial charge in [-0.1, -0.05) is 0 Å². The van der Waals surface area contributed by atoms with Crippen molar-refractivity contribution in [2.45, 2.75) is 19.4 Å². The molecule has 6 heteroatoms. The van der Waals surface area contributed by atoms with Gasteiger partial charge >= 0.3 is 5.97 Å². The fourth-order valence-electron chi connectivity index (χ4n) is 1.67. The number of thiazole rings is 1. The monoisotopic (exact) mass is 242 g/mol. The zero-order valence-corrected chi connectivity index (χ0v) is 9.87. The number of hydrogen-bond acceptors (Lipinski definition) is 5. The van der Waals surface area contributed by atoms with Gasteiger partial charge in [-0.2, -0.15) is 0 Å². The molecule has 88 valence electrons. The van der Waals surface area contributed by atoms with E-state index in [1.54, 1.807) is 0 Å². The van der Waals surface area contributed by atoms with Crippen molar-refractivity contribution in [3.63, 3.8) is 0 Å². The molecule has 0 radical (unpaired) electrons. The SMILES string of the molecule is CC1CN(c2nc(CC(=O)O)cs2)CCO1. The van der Waals surface area contributed by atoms with E-state index < -0.39 is 5.97 Å². The third-order valence-electron chi connectivity index (χ3n) is 2.38. The summed E-state index contributed by atoms with van der Waals surface area (Å²) in [5, 5.41) is 11.4. The average molecular weight is 242 g/mol. The first kappa shape index (κ1) is 11.3. The fourth-order valence-corrected chi connectivity index (χ4v) is 2.53. The molecule has 0 amide bonds. The standard InChI is InChI=1S/C10H14N2O3S/c1-7-5-12(2-3-15-7)10-11-8(6-16-10)4-9(13)14/h6-7H,2-5H2,1H3,(H,13,14). The zero-order chi connectivity index (χ0) is 11.5. The van der Waals surface area contributed by atoms with Gasteiger partial charge in [-0.3, -0.25) is 4.79 Å². The first-order valence-corrected chi connectivity index (χ1v) is 6.06. The summed E-state index contributed by atoms with van der Waals surface area (Å²) in [6.45, 7) is 4.37. The average Bonchev–Trinajstić information content (AvgIpc) is 2.65. The highest BCUT2D eigenvalue weighted by molar-refractivity contribution is 7.13. The molecule has 1 aliphatic heterocycles. The molecule has 0 saturated carbocycles. The van der Waals surface area contributed by atoms with Gasteiger partial charge in [0.15, 0.2) is 5.13 Å². The highest BCUT2D eigenvalue weighted by Gasteiger charge is 2.19. The van der Waals surface area contributed by atoms with Crippen molar-refractivity contribution in [3.05, 3.63) is 11.1 Å². The second-order valence-electron chi connectivity index (χ2n) is 3.82. The summed E-state index contributed by atoms with van der Waals surface area (Å²) in [5.41, 5.74) is 0.631. The van der Waals surface area contributed by atoms with Gasteiger partial charge < -0.3 is 14.7 Å². The lowest BCUT2D eigenvalue weighted by atomic mass is 10.3. The molecule has 0 spiro atoms. The van der Waals surface area contributed by atoms with Gasteiger partial charge in [0.05, 0.1) is 24.8 Å². The maximum absolute atomic E-state index is 10.5. The normalized spacial score (nSPS) is 21.1. The van der Waals surface area contributed by atoms with Crippen LogP contribution < -0.4 is 4.90 Å². The van der Waals surface area contributed by atoms with Crippen LogP contribution in [0.25, 0.3) is 0 Å². The van der Waals surface area contributed by atoms with Crippen LogP contribution in [-0.2, 0) is 16.0 Å². The van der Waals surface area contributed by atoms with E-state index in [9.17, 15) is 4.79 Å². The van der Waals surface area contributed by atoms with E-state index in [-0.39, 0.29) is 12.5 Å². The highest BCUT2D eigenvalue weighted by atomic mass is 32.1. The van der Waals surface area contributed by atoms with Crippen molar-refractivity contribution < 1.29 is 14.6 Å². The molecule has 0 bridgehead atoms. The van der Waals surface area contributed by atoms with Crippen molar-refractivity contribution >= 4 is 22.4 Å². The summed E-state index contributed by atoms with van der Waals surface area (Å²) >= 11 is 1.50. The van der Waals surface area contributed by atoms with Gasteiger partial charge in [0.2, 0.25) is 0 Å². The van der Waals surface area contributed by atoms with Crippen LogP contribution >= 0.6 is 11.3 Å². The van der Waals surface area contributed by atoms with Crippen LogP contribution in [0.3, 0.4) is 0 Å². The van der Waals surface area contributed by atoms with E-state index in [0.717, 1.165) is 18.2 Å². The molecule has 1 saturated heterocycles. The van der Waals surface area contributed by atoms with E-state index in [0.29, 0.717) is 12.3 Å². The van der Waals surface area contributed by atoms with Crippen LogP contribution in [0.2, 0.25) is 0 Å². The van der Waals surface area contributed by atoms with Crippen LogP contribution in [0.1, 0.15) is 12.6 Å². The molecular formula is C10H14N2O3S. The number of aliphatic carboxylic acids is 1. The molecule has 1 aromatic heterocycles. The van der Waals surface area contributed by atoms with Crippen molar-refractivity contribution in [3.8, 4) is 0 Å². The Morgan fingerprint density at radius 2 is 2.62 bits per heavy atom. The summed E-state index contributed by atoms with van der Waals surface area (Å²) in [4.78, 5) is 17.0. The Morgan fingerprint density at radius 1 is 1.81 bits per heavy atom. The number of ether oxygens (including phenoxy) is 1. The Bertz CT molecular complexity index is 380. The molecule has 1 atom stereocenters. The van der Waals surface area contributed by atoms with E-state index in [2.05, 4.69) is 9.88 Å². The van der Waals surface area contributed by atoms with Crippen LogP contribution in [0, 0.1) is 0 Å². The molecule has 5 nitrogen and oxygen atoms in total. The number of nitrogens with zero attached hydrogens (tertiary/aromatic N) is 2. The van der Waals surface area contributed by atoms with Crippen LogP contribution in [0.4, 0.5) is 5.13 Å². The summed E-state index contributed by atoms with van der Waals surface area (Å²) < 4.78 is 5.44. The lowest BCUT2D eigenvalue weighted by Crippen LogP contribution is -2.41. The second-order valence-corrected chi connectivity index (χ2v) is 4.66. The third-order valence-corrected chi connectivity index (χ3v) is 3.33. The summed E-state index contributed by atoms with van der Waals surface area (Å²) in [6, 6.07) is 0. The first-order valence-electron chi connectivity index (χ1n) is 5.18. The molecule has 0 aliphatic carbocycles. The van der Waals surface area contributed by atoms with Gasteiger partial charge in [-0.15, -0.1) is 11.3 Å². The van der Waals surface area contributed by atoms with Crippen LogP contribution in [0.15, 0.2) is 5.38 Å². The van der Waals surface area contributed by atoms with Crippen LogP contribution in [0.5, 0.6) is 0 Å². The Kier molecular flexibility index (Phi) is 3.40. The van der Waals surface area contributed by atoms with Crippen LogP contribution in [-0.4, -0.2) is 41.9 Å². The minimum absolute atomic E-state index is 0.00358. The molecule has 1 fully saturated rings. The third kappa shape index (κ3) is 2.70. The maximum Gasteiger partial charge on any atom is 0.309 e. The minimum Gasteiger partial charge on any atom is -0.481 e. The lowest BCUT2D eigenvalue weighted by Gasteiger charge is -2.30. The number of carboxylic acid groups (broad SMARTS) is 1. The van der Waals surface area contributed by atoms with Crippen molar-refractivity contribution in [1.29, 1.82) is 0 Å². The Labute approximate surface area is 97.7 Å². The van der Waals surface area contributed by atoms with Gasteiger partial charge in [0.25, 0.3) is 0 Å². The van der Waals surface area contributed by atoms with Crippen molar-refractivity contribution in [2.75, 3.05) is 24.6 Å². The van der Waals surface area contributed by atoms with E-state index in [4.69, 9.17) is 9.84 Å². The predicted molar refractivity (Wildman–Crippen MR) is 61.1 cm³/mol. The molecule has 0 aromatic carbocycles. The molecule has 2 heterocycles. The second kappa shape index (κ2) is 4.80. The topological polar surface area (TPSA) is 62.7 Å². The molecule has 2 rings (SSSR count). The van der Waals surface area contributed by atoms with Gasteiger partial charge in [-0.05, 0) is 6.92 Å². The molecule has 1 aliphatic rings. The number of aromatic nitrogens is 1. The smallest absolute Gasteiger partial charge is 0.309 e. The van der Waals surface area contributed by atoms with Crippen molar-refractivity contribution in [2.24, 2.45) is 0 Å². The van der Waals surface area contributed by atoms with Gasteiger partial charge in [-0.25, -0.2) is 4.98 Å². The zero-order valence-electron chi connectivity index (χ0n) is 9.05. The van der Waals surface area contributed by atoms with Gasteiger partial charge in [0.1, 0.15) is 0 Å². The minimum atomic E-state index is -0.841. The van der Waals surface area contributed by atoms with E-state index >= 15 is 0 Å². The summed E-state index contributed by atoms with van der Waals surface area (Å²) in [6.07, 6.45) is 0.205. The molecule has 16 heavy (non-hydrogen) atoms. The Morgan fingerprint density at radius 3 is 3.31 bits per heavy atom. The Balaban J connectivity index is 2.03. The number of morpholine rings is 1. The maximum atomic E-state index is 10.5. The number of rotatable bonds is 3. The first-order chi connectivity index (χ1) is 7.65. The number of carboxylic acids is 1. The highest BCUT2D eigenvalue weighted by Crippen LogP contribution is 2.22. The summed E-state index contributed by atoms with van der Waals surface area (Å²) in [7, 11) is 0. The van der Waals surface area contributed by atoms with Crippen molar-refractivity contribution in [1.82, 2.24) is 4.98 Å². The predicted octanol–water partition coefficient (Wildman–Crippen LogP) is 0.995. The number of hydrogen-bond donors (Lipinski definition) is 1.